The average Bonchev–Trinajstić information content (AvgIpc) is 2.96. The summed E-state index contributed by atoms with van der Waals surface area (Å²) in [5, 5.41) is 16.2. The Hall–Kier alpha value is -1.19. The van der Waals surface area contributed by atoms with Crippen molar-refractivity contribution in [1.82, 2.24) is 15.5 Å². The molecule has 5 atom stereocenters. The van der Waals surface area contributed by atoms with Crippen LogP contribution in [0.5, 0.6) is 0 Å². The highest BCUT2D eigenvalue weighted by molar-refractivity contribution is 5.74. The zero-order chi connectivity index (χ0) is 15.5. The Balaban J connectivity index is 1.67. The quantitative estimate of drug-likeness (QED) is 0.556. The first-order valence-corrected chi connectivity index (χ1v) is 7.63. The Morgan fingerprint density at radius 1 is 1.41 bits per heavy atom. The lowest BCUT2D eigenvalue weighted by molar-refractivity contribution is -0.189. The Labute approximate surface area is 129 Å². The number of rotatable bonds is 4. The largest absolute Gasteiger partial charge is 0.389 e. The minimum Gasteiger partial charge on any atom is -0.389 e. The normalized spacial score (nSPS) is 38.5. The number of nitrogens with one attached hydrogen (secondary N) is 2. The van der Waals surface area contributed by atoms with Gasteiger partial charge in [-0.2, -0.15) is 0 Å². The van der Waals surface area contributed by atoms with Gasteiger partial charge >= 0.3 is 6.03 Å². The van der Waals surface area contributed by atoms with Gasteiger partial charge in [-0.3, -0.25) is 4.90 Å². The van der Waals surface area contributed by atoms with E-state index in [0.29, 0.717) is 39.5 Å². The molecule has 2 bridgehead atoms. The number of nitrogens with zero attached hydrogens (tertiary/aromatic N) is 1. The summed E-state index contributed by atoms with van der Waals surface area (Å²) in [6.07, 6.45) is 0.0662. The number of ether oxygens (including phenoxy) is 3. The highest BCUT2D eigenvalue weighted by atomic mass is 16.7. The molecule has 22 heavy (non-hydrogen) atoms. The second kappa shape index (κ2) is 6.93. The van der Waals surface area contributed by atoms with Crippen molar-refractivity contribution in [3.05, 3.63) is 12.7 Å². The molecule has 0 aromatic carbocycles. The lowest BCUT2D eigenvalue weighted by Gasteiger charge is -2.44. The van der Waals surface area contributed by atoms with Crippen LogP contribution in [-0.4, -0.2) is 86.1 Å². The monoisotopic (exact) mass is 313 g/mol. The van der Waals surface area contributed by atoms with Gasteiger partial charge in [0.15, 0.2) is 6.29 Å². The van der Waals surface area contributed by atoms with E-state index in [2.05, 4.69) is 22.1 Å². The van der Waals surface area contributed by atoms with Crippen molar-refractivity contribution in [2.24, 2.45) is 0 Å². The van der Waals surface area contributed by atoms with Crippen molar-refractivity contribution in [3.63, 3.8) is 0 Å². The maximum atomic E-state index is 11.9. The molecule has 0 aromatic rings. The average molecular weight is 313 g/mol. The van der Waals surface area contributed by atoms with E-state index in [1.54, 1.807) is 6.08 Å². The molecule has 3 N–H and O–H groups in total. The van der Waals surface area contributed by atoms with Gasteiger partial charge in [-0.1, -0.05) is 6.08 Å². The molecule has 3 heterocycles. The molecule has 3 saturated heterocycles. The summed E-state index contributed by atoms with van der Waals surface area (Å²) in [6.45, 7) is 6.96. The first-order valence-electron chi connectivity index (χ1n) is 7.63. The van der Waals surface area contributed by atoms with Crippen molar-refractivity contribution in [2.75, 3.05) is 39.5 Å². The summed E-state index contributed by atoms with van der Waals surface area (Å²) in [4.78, 5) is 14.0. The Kier molecular flexibility index (Phi) is 4.94. The van der Waals surface area contributed by atoms with Crippen LogP contribution < -0.4 is 10.6 Å². The number of fused-ring (bicyclic) bond motifs is 2. The molecule has 3 rings (SSSR count). The topological polar surface area (TPSA) is 92.3 Å². The predicted molar refractivity (Wildman–Crippen MR) is 77.3 cm³/mol. The summed E-state index contributed by atoms with van der Waals surface area (Å²) in [5.74, 6) is 0. The number of morpholine rings is 1. The number of amides is 2. The van der Waals surface area contributed by atoms with Crippen molar-refractivity contribution in [2.45, 2.75) is 30.6 Å². The first-order chi connectivity index (χ1) is 10.7. The fourth-order valence-corrected chi connectivity index (χ4v) is 3.21. The highest BCUT2D eigenvalue weighted by Gasteiger charge is 2.52. The van der Waals surface area contributed by atoms with Crippen molar-refractivity contribution in [3.8, 4) is 0 Å². The molecule has 2 amide bonds. The number of aliphatic hydroxyl groups is 1. The number of hydrogen-bond acceptors (Lipinski definition) is 6. The molecule has 0 saturated carbocycles. The first kappa shape index (κ1) is 15.7. The molecule has 8 nitrogen and oxygen atoms in total. The lowest BCUT2D eigenvalue weighted by atomic mass is 9.94. The summed E-state index contributed by atoms with van der Waals surface area (Å²) >= 11 is 0. The zero-order valence-corrected chi connectivity index (χ0v) is 12.4. The molecule has 0 aromatic heterocycles. The van der Waals surface area contributed by atoms with Gasteiger partial charge in [-0.05, 0) is 0 Å². The lowest BCUT2D eigenvalue weighted by Crippen LogP contribution is -2.67. The van der Waals surface area contributed by atoms with Crippen LogP contribution >= 0.6 is 0 Å². The van der Waals surface area contributed by atoms with E-state index in [-0.39, 0.29) is 18.2 Å². The van der Waals surface area contributed by atoms with E-state index in [1.807, 2.05) is 0 Å². The third-order valence-electron chi connectivity index (χ3n) is 4.30. The number of aliphatic hydroxyl groups excluding tert-OH is 1. The Bertz CT molecular complexity index is 415. The van der Waals surface area contributed by atoms with Gasteiger partial charge in [0.2, 0.25) is 0 Å². The smallest absolute Gasteiger partial charge is 0.315 e. The third kappa shape index (κ3) is 3.11. The molecule has 5 unspecified atom stereocenters. The molecule has 124 valence electrons. The standard InChI is InChI=1S/C14H23N3O5/c1-2-3-15-14(19)16-10-9-8-21-13(22-9)11(12(10)18)17-4-6-20-7-5-17/h2,9-13,18H,1,3-8H2,(H2,15,16,19). The maximum Gasteiger partial charge on any atom is 0.315 e. The van der Waals surface area contributed by atoms with Gasteiger partial charge < -0.3 is 30.0 Å². The minimum absolute atomic E-state index is 0.299. The van der Waals surface area contributed by atoms with E-state index in [9.17, 15) is 9.90 Å². The fourth-order valence-electron chi connectivity index (χ4n) is 3.21. The van der Waals surface area contributed by atoms with Crippen molar-refractivity contribution < 1.29 is 24.1 Å². The van der Waals surface area contributed by atoms with Gasteiger partial charge in [0.25, 0.3) is 0 Å². The van der Waals surface area contributed by atoms with E-state index < -0.39 is 18.4 Å². The molecule has 3 aliphatic heterocycles. The molecule has 8 heteroatoms. The SMILES string of the molecule is C=CCNC(=O)NC1C2COC(O2)C(N2CCOCC2)C1O. The van der Waals surface area contributed by atoms with Gasteiger partial charge in [0, 0.05) is 19.6 Å². The molecule has 3 fully saturated rings. The van der Waals surface area contributed by atoms with Gasteiger partial charge in [0.05, 0.1) is 38.0 Å². The second-order valence-electron chi connectivity index (χ2n) is 5.67. The molecule has 0 radical (unpaired) electrons. The summed E-state index contributed by atoms with van der Waals surface area (Å²) in [7, 11) is 0. The third-order valence-corrected chi connectivity index (χ3v) is 4.30. The Morgan fingerprint density at radius 2 is 2.18 bits per heavy atom. The predicted octanol–water partition coefficient (Wildman–Crippen LogP) is -1.34. The Morgan fingerprint density at radius 3 is 2.91 bits per heavy atom. The van der Waals surface area contributed by atoms with Gasteiger partial charge in [-0.15, -0.1) is 6.58 Å². The molecule has 0 spiro atoms. The number of carbonyl (C=O) groups excluding carboxylic acids is 1. The van der Waals surface area contributed by atoms with Crippen molar-refractivity contribution >= 4 is 6.03 Å². The molecular formula is C14H23N3O5. The van der Waals surface area contributed by atoms with Crippen LogP contribution in [0.15, 0.2) is 12.7 Å². The van der Waals surface area contributed by atoms with Crippen molar-refractivity contribution in [1.29, 1.82) is 0 Å². The van der Waals surface area contributed by atoms with Crippen LogP contribution in [0.2, 0.25) is 0 Å². The van der Waals surface area contributed by atoms with E-state index in [4.69, 9.17) is 14.2 Å². The number of hydrogen-bond donors (Lipinski definition) is 3. The number of urea groups is 1. The van der Waals surface area contributed by atoms with E-state index >= 15 is 0 Å². The van der Waals surface area contributed by atoms with E-state index in [1.165, 1.54) is 0 Å². The summed E-state index contributed by atoms with van der Waals surface area (Å²) in [6, 6.07) is -1.15. The highest BCUT2D eigenvalue weighted by Crippen LogP contribution is 2.31. The van der Waals surface area contributed by atoms with Crippen LogP contribution in [0.3, 0.4) is 0 Å². The summed E-state index contributed by atoms with van der Waals surface area (Å²) < 4.78 is 16.8. The van der Waals surface area contributed by atoms with Crippen LogP contribution in [0, 0.1) is 0 Å². The maximum absolute atomic E-state index is 11.9. The van der Waals surface area contributed by atoms with Crippen LogP contribution in [0.4, 0.5) is 4.79 Å². The van der Waals surface area contributed by atoms with Crippen LogP contribution in [0.25, 0.3) is 0 Å². The number of carbonyl (C=O) groups is 1. The van der Waals surface area contributed by atoms with Crippen LogP contribution in [0.1, 0.15) is 0 Å². The summed E-state index contributed by atoms with van der Waals surface area (Å²) in [5.41, 5.74) is 0. The molecular weight excluding hydrogens is 290 g/mol. The van der Waals surface area contributed by atoms with Gasteiger partial charge in [-0.25, -0.2) is 4.79 Å². The zero-order valence-electron chi connectivity index (χ0n) is 12.4. The van der Waals surface area contributed by atoms with Gasteiger partial charge in [0.1, 0.15) is 6.10 Å². The van der Waals surface area contributed by atoms with Crippen LogP contribution in [-0.2, 0) is 14.2 Å². The fraction of sp³-hybridized carbons (Fsp3) is 0.786. The second-order valence-corrected chi connectivity index (χ2v) is 5.67. The minimum atomic E-state index is -0.751. The molecule has 3 aliphatic rings. The van der Waals surface area contributed by atoms with E-state index in [0.717, 1.165) is 0 Å². The molecule has 0 aliphatic carbocycles.